The Hall–Kier alpha value is -1.79. The highest BCUT2D eigenvalue weighted by Gasteiger charge is 2.26. The van der Waals surface area contributed by atoms with E-state index >= 15 is 0 Å². The van der Waals surface area contributed by atoms with Crippen molar-refractivity contribution in [1.82, 2.24) is 10.2 Å². The number of hydrogen-bond acceptors (Lipinski definition) is 4. The molecule has 0 saturated carbocycles. The summed E-state index contributed by atoms with van der Waals surface area (Å²) in [6.45, 7) is 5.52. The van der Waals surface area contributed by atoms with Gasteiger partial charge in [-0.25, -0.2) is 0 Å². The van der Waals surface area contributed by atoms with E-state index in [1.165, 1.54) is 0 Å². The van der Waals surface area contributed by atoms with Crippen LogP contribution in [0.4, 0.5) is 5.69 Å². The molecule has 0 aromatic heterocycles. The van der Waals surface area contributed by atoms with Crippen molar-refractivity contribution >= 4 is 29.9 Å². The van der Waals surface area contributed by atoms with Crippen LogP contribution in [0.1, 0.15) is 32.6 Å². The van der Waals surface area contributed by atoms with Crippen molar-refractivity contribution in [3.05, 3.63) is 24.3 Å². The molecular weight excluding hydrogens is 354 g/mol. The topological polar surface area (TPSA) is 61.9 Å². The second-order valence-electron chi connectivity index (χ2n) is 6.67. The number of carbonyl (C=O) groups excluding carboxylic acids is 2. The maximum absolute atomic E-state index is 12.5. The van der Waals surface area contributed by atoms with Crippen molar-refractivity contribution in [3.63, 3.8) is 0 Å². The first-order valence-corrected chi connectivity index (χ1v) is 9.22. The Balaban J connectivity index is 0.00000243. The third kappa shape index (κ3) is 4.89. The van der Waals surface area contributed by atoms with Crippen LogP contribution in [0.15, 0.2) is 24.3 Å². The molecule has 2 fully saturated rings. The van der Waals surface area contributed by atoms with E-state index in [4.69, 9.17) is 4.74 Å². The van der Waals surface area contributed by atoms with Gasteiger partial charge in [0, 0.05) is 37.8 Å². The van der Waals surface area contributed by atoms with Crippen LogP contribution in [0.3, 0.4) is 0 Å². The Bertz CT molecular complexity index is 603. The summed E-state index contributed by atoms with van der Waals surface area (Å²) in [6, 6.07) is 7.70. The van der Waals surface area contributed by atoms with E-state index in [9.17, 15) is 9.59 Å². The molecule has 0 aliphatic carbocycles. The molecule has 1 N–H and O–H groups in total. The normalized spacial score (nSPS) is 19.3. The van der Waals surface area contributed by atoms with Crippen molar-refractivity contribution in [1.29, 1.82) is 0 Å². The van der Waals surface area contributed by atoms with Gasteiger partial charge in [0.1, 0.15) is 5.75 Å². The first kappa shape index (κ1) is 20.5. The van der Waals surface area contributed by atoms with Crippen LogP contribution in [0.25, 0.3) is 0 Å². The number of hydrogen-bond donors (Lipinski definition) is 1. The minimum absolute atomic E-state index is 0. The Morgan fingerprint density at radius 1 is 1.35 bits per heavy atom. The summed E-state index contributed by atoms with van der Waals surface area (Å²) in [4.78, 5) is 28.0. The highest BCUT2D eigenvalue weighted by atomic mass is 35.5. The molecule has 7 heteroatoms. The zero-order valence-electron chi connectivity index (χ0n) is 15.3. The van der Waals surface area contributed by atoms with Gasteiger partial charge in [-0.1, -0.05) is 6.92 Å². The first-order chi connectivity index (χ1) is 12.2. The molecule has 2 heterocycles. The minimum Gasteiger partial charge on any atom is -0.484 e. The number of anilines is 1. The van der Waals surface area contributed by atoms with Gasteiger partial charge in [-0.15, -0.1) is 12.4 Å². The molecule has 26 heavy (non-hydrogen) atoms. The average Bonchev–Trinajstić information content (AvgIpc) is 3.30. The lowest BCUT2D eigenvalue weighted by atomic mass is 10.2. The number of benzene rings is 1. The van der Waals surface area contributed by atoms with Gasteiger partial charge in [0.05, 0.1) is 0 Å². The van der Waals surface area contributed by atoms with E-state index in [-0.39, 0.29) is 36.9 Å². The van der Waals surface area contributed by atoms with Gasteiger partial charge in [0.15, 0.2) is 6.61 Å². The fourth-order valence-electron chi connectivity index (χ4n) is 3.53. The number of amides is 2. The molecule has 1 atom stereocenters. The number of nitrogens with one attached hydrogen (secondary N) is 1. The molecule has 0 spiro atoms. The lowest BCUT2D eigenvalue weighted by molar-refractivity contribution is -0.135. The largest absolute Gasteiger partial charge is 0.484 e. The van der Waals surface area contributed by atoms with Crippen LogP contribution in [-0.2, 0) is 9.59 Å². The van der Waals surface area contributed by atoms with E-state index in [0.29, 0.717) is 12.2 Å². The fourth-order valence-corrected chi connectivity index (χ4v) is 3.53. The van der Waals surface area contributed by atoms with Crippen molar-refractivity contribution in [2.24, 2.45) is 0 Å². The van der Waals surface area contributed by atoms with Gasteiger partial charge in [-0.3, -0.25) is 9.59 Å². The van der Waals surface area contributed by atoms with Crippen LogP contribution in [0.2, 0.25) is 0 Å². The molecule has 2 amide bonds. The molecule has 1 aromatic rings. The maximum Gasteiger partial charge on any atom is 0.260 e. The summed E-state index contributed by atoms with van der Waals surface area (Å²) in [6.07, 6.45) is 3.48. The van der Waals surface area contributed by atoms with Crippen LogP contribution in [0, 0.1) is 0 Å². The third-order valence-corrected chi connectivity index (χ3v) is 4.84. The summed E-state index contributed by atoms with van der Waals surface area (Å²) >= 11 is 0. The Morgan fingerprint density at radius 3 is 2.69 bits per heavy atom. The molecular formula is C19H28ClN3O3. The van der Waals surface area contributed by atoms with Gasteiger partial charge in [0.25, 0.3) is 5.91 Å². The minimum atomic E-state index is 0. The van der Waals surface area contributed by atoms with E-state index in [0.717, 1.165) is 51.1 Å². The summed E-state index contributed by atoms with van der Waals surface area (Å²) in [5.41, 5.74) is 0.894. The predicted molar refractivity (Wildman–Crippen MR) is 104 cm³/mol. The van der Waals surface area contributed by atoms with Crippen LogP contribution in [0.5, 0.6) is 5.75 Å². The Morgan fingerprint density at radius 2 is 2.12 bits per heavy atom. The third-order valence-electron chi connectivity index (χ3n) is 4.84. The van der Waals surface area contributed by atoms with E-state index in [1.807, 2.05) is 29.2 Å². The molecule has 0 bridgehead atoms. The number of rotatable bonds is 7. The van der Waals surface area contributed by atoms with Crippen LogP contribution >= 0.6 is 12.4 Å². The second kappa shape index (κ2) is 9.78. The molecule has 0 radical (unpaired) electrons. The fraction of sp³-hybridized carbons (Fsp3) is 0.579. The molecule has 2 saturated heterocycles. The molecule has 1 unspecified atom stereocenters. The lowest BCUT2D eigenvalue weighted by Crippen LogP contribution is -2.44. The zero-order chi connectivity index (χ0) is 17.6. The van der Waals surface area contributed by atoms with E-state index < -0.39 is 0 Å². The Labute approximate surface area is 161 Å². The van der Waals surface area contributed by atoms with Crippen molar-refractivity contribution in [2.75, 3.05) is 37.7 Å². The molecule has 2 aliphatic heterocycles. The van der Waals surface area contributed by atoms with Crippen molar-refractivity contribution in [2.45, 2.75) is 38.6 Å². The summed E-state index contributed by atoms with van der Waals surface area (Å²) < 4.78 is 5.68. The number of carbonyl (C=O) groups is 2. The van der Waals surface area contributed by atoms with Gasteiger partial charge in [-0.05, 0) is 50.1 Å². The molecule has 2 aliphatic rings. The Kier molecular flexibility index (Phi) is 7.72. The number of ether oxygens (including phenoxy) is 1. The van der Waals surface area contributed by atoms with Crippen molar-refractivity contribution in [3.8, 4) is 5.75 Å². The van der Waals surface area contributed by atoms with Gasteiger partial charge >= 0.3 is 0 Å². The van der Waals surface area contributed by atoms with Crippen LogP contribution in [-0.4, -0.2) is 55.5 Å². The summed E-state index contributed by atoms with van der Waals surface area (Å²) in [7, 11) is 0. The highest BCUT2D eigenvalue weighted by Crippen LogP contribution is 2.24. The number of halogens is 1. The average molecular weight is 382 g/mol. The van der Waals surface area contributed by atoms with Crippen molar-refractivity contribution < 1.29 is 14.3 Å². The van der Waals surface area contributed by atoms with Gasteiger partial charge in [0.2, 0.25) is 5.91 Å². The highest BCUT2D eigenvalue weighted by molar-refractivity contribution is 5.95. The SMILES string of the molecule is CCCN(C(=O)COc1ccc(N2CCCC2=O)cc1)C1CCNC1.Cl. The summed E-state index contributed by atoms with van der Waals surface area (Å²) in [5.74, 6) is 0.864. The molecule has 144 valence electrons. The van der Waals surface area contributed by atoms with E-state index in [1.54, 1.807) is 4.90 Å². The standard InChI is InChI=1S/C19H27N3O3.ClH/c1-2-11-21(16-9-10-20-13-16)19(24)14-25-17-7-5-15(6-8-17)22-12-3-4-18(22)23;/h5-8,16,20H,2-4,9-14H2,1H3;1H. The first-order valence-electron chi connectivity index (χ1n) is 9.22. The van der Waals surface area contributed by atoms with Crippen LogP contribution < -0.4 is 15.0 Å². The molecule has 1 aromatic carbocycles. The molecule has 3 rings (SSSR count). The van der Waals surface area contributed by atoms with E-state index in [2.05, 4.69) is 12.2 Å². The summed E-state index contributed by atoms with van der Waals surface area (Å²) in [5, 5.41) is 3.31. The number of nitrogens with zero attached hydrogens (tertiary/aromatic N) is 2. The lowest BCUT2D eigenvalue weighted by Gasteiger charge is -2.28. The smallest absolute Gasteiger partial charge is 0.260 e. The maximum atomic E-state index is 12.5. The van der Waals surface area contributed by atoms with Gasteiger partial charge in [-0.2, -0.15) is 0 Å². The predicted octanol–water partition coefficient (Wildman–Crippen LogP) is 2.21. The monoisotopic (exact) mass is 381 g/mol. The second-order valence-corrected chi connectivity index (χ2v) is 6.67. The quantitative estimate of drug-likeness (QED) is 0.786. The zero-order valence-corrected chi connectivity index (χ0v) is 16.1. The van der Waals surface area contributed by atoms with Gasteiger partial charge < -0.3 is 19.9 Å². The molecule has 6 nitrogen and oxygen atoms in total.